The zero-order valence-corrected chi connectivity index (χ0v) is 10.7. The number of ketones is 1. The van der Waals surface area contributed by atoms with Crippen LogP contribution in [0.4, 0.5) is 0 Å². The number of esters is 1. The molecule has 1 heterocycles. The van der Waals surface area contributed by atoms with E-state index in [0.29, 0.717) is 24.2 Å². The summed E-state index contributed by atoms with van der Waals surface area (Å²) in [4.78, 5) is 23.8. The minimum Gasteiger partial charge on any atom is -0.458 e. The molecular weight excluding hydrogens is 228 g/mol. The molecule has 2 saturated carbocycles. The largest absolute Gasteiger partial charge is 0.458 e. The van der Waals surface area contributed by atoms with E-state index in [1.807, 2.05) is 6.92 Å². The topological polar surface area (TPSA) is 43.4 Å². The normalized spacial score (nSPS) is 43.5. The maximum Gasteiger partial charge on any atom is 0.334 e. The molecule has 0 N–H and O–H groups in total. The summed E-state index contributed by atoms with van der Waals surface area (Å²) >= 11 is 0. The van der Waals surface area contributed by atoms with E-state index < -0.39 is 0 Å². The van der Waals surface area contributed by atoms with Gasteiger partial charge in [-0.2, -0.15) is 0 Å². The molecule has 3 rings (SSSR count). The molecular formula is C15H18O3. The molecule has 0 bridgehead atoms. The fraction of sp³-hybridized carbons (Fsp3) is 0.600. The third-order valence-corrected chi connectivity index (χ3v) is 5.10. The predicted octanol–water partition coefficient (Wildman–Crippen LogP) is 2.42. The number of hydrogen-bond donors (Lipinski definition) is 0. The molecule has 4 atom stereocenters. The Balaban J connectivity index is 1.97. The first-order valence-electron chi connectivity index (χ1n) is 6.54. The number of carbonyl (C=O) groups is 2. The molecule has 3 nitrogen and oxygen atoms in total. The molecule has 0 radical (unpaired) electrons. The summed E-state index contributed by atoms with van der Waals surface area (Å²) in [6.45, 7) is 9.97. The number of fused-ring (bicyclic) bond motifs is 2. The monoisotopic (exact) mass is 246 g/mol. The lowest BCUT2D eigenvalue weighted by Gasteiger charge is -2.48. The van der Waals surface area contributed by atoms with Crippen molar-refractivity contribution in [2.24, 2.45) is 17.3 Å². The van der Waals surface area contributed by atoms with Crippen LogP contribution in [0.25, 0.3) is 0 Å². The lowest BCUT2D eigenvalue weighted by Crippen LogP contribution is -2.48. The van der Waals surface area contributed by atoms with Crippen LogP contribution in [0.3, 0.4) is 0 Å². The van der Waals surface area contributed by atoms with E-state index in [0.717, 1.165) is 18.4 Å². The molecule has 2 aliphatic carbocycles. The minimum absolute atomic E-state index is 0.0817. The van der Waals surface area contributed by atoms with Crippen molar-refractivity contribution in [3.8, 4) is 0 Å². The van der Waals surface area contributed by atoms with Crippen molar-refractivity contribution in [1.82, 2.24) is 0 Å². The second-order valence-electron chi connectivity index (χ2n) is 6.07. The van der Waals surface area contributed by atoms with Gasteiger partial charge in [0, 0.05) is 23.3 Å². The van der Waals surface area contributed by atoms with Crippen LogP contribution in [-0.2, 0) is 14.3 Å². The zero-order valence-electron chi connectivity index (χ0n) is 10.7. The average Bonchev–Trinajstić information content (AvgIpc) is 2.58. The molecule has 3 heteroatoms. The van der Waals surface area contributed by atoms with Gasteiger partial charge in [-0.1, -0.05) is 25.7 Å². The molecule has 96 valence electrons. The second kappa shape index (κ2) is 3.56. The molecule has 0 aromatic rings. The number of rotatable bonds is 0. The van der Waals surface area contributed by atoms with E-state index in [1.165, 1.54) is 0 Å². The summed E-state index contributed by atoms with van der Waals surface area (Å²) in [5, 5.41) is 0. The van der Waals surface area contributed by atoms with Gasteiger partial charge in [0.05, 0.1) is 0 Å². The summed E-state index contributed by atoms with van der Waals surface area (Å²) in [6, 6.07) is 0. The number of Topliss-reactive ketones (excluding diaryl/α,β-unsaturated/α-hetero) is 1. The Kier molecular flexibility index (Phi) is 2.31. The zero-order chi connectivity index (χ0) is 13.1. The molecule has 3 aliphatic rings. The fourth-order valence-corrected chi connectivity index (χ4v) is 3.88. The van der Waals surface area contributed by atoms with Gasteiger partial charge in [0.15, 0.2) is 0 Å². The first-order chi connectivity index (χ1) is 8.43. The van der Waals surface area contributed by atoms with Crippen LogP contribution in [0, 0.1) is 17.3 Å². The highest BCUT2D eigenvalue weighted by molar-refractivity contribution is 5.92. The SMILES string of the molecule is C=C1C(=O)O[C@@H]2C[C@@]3(C)C(=O)CCC(=C)[C@@H]3C[C@H]12. The van der Waals surface area contributed by atoms with E-state index in [2.05, 4.69) is 13.2 Å². The molecule has 0 amide bonds. The van der Waals surface area contributed by atoms with E-state index in [9.17, 15) is 9.59 Å². The lowest BCUT2D eigenvalue weighted by molar-refractivity contribution is -0.148. The van der Waals surface area contributed by atoms with E-state index >= 15 is 0 Å². The van der Waals surface area contributed by atoms with Gasteiger partial charge in [0.2, 0.25) is 0 Å². The van der Waals surface area contributed by atoms with Crippen molar-refractivity contribution in [1.29, 1.82) is 0 Å². The molecule has 18 heavy (non-hydrogen) atoms. The van der Waals surface area contributed by atoms with Gasteiger partial charge in [-0.15, -0.1) is 0 Å². The molecule has 0 spiro atoms. The minimum atomic E-state index is -0.387. The number of ether oxygens (including phenoxy) is 1. The molecule has 3 fully saturated rings. The van der Waals surface area contributed by atoms with Gasteiger partial charge in [-0.05, 0) is 25.2 Å². The van der Waals surface area contributed by atoms with Crippen LogP contribution in [0.15, 0.2) is 24.3 Å². The van der Waals surface area contributed by atoms with Gasteiger partial charge in [-0.3, -0.25) is 4.79 Å². The van der Waals surface area contributed by atoms with Crippen LogP contribution >= 0.6 is 0 Å². The van der Waals surface area contributed by atoms with Crippen molar-refractivity contribution in [2.45, 2.75) is 38.7 Å². The van der Waals surface area contributed by atoms with E-state index in [4.69, 9.17) is 4.74 Å². The highest BCUT2D eigenvalue weighted by Crippen LogP contribution is 2.55. The van der Waals surface area contributed by atoms with Gasteiger partial charge >= 0.3 is 5.97 Å². The summed E-state index contributed by atoms with van der Waals surface area (Å²) in [5.41, 5.74) is 1.34. The van der Waals surface area contributed by atoms with Gasteiger partial charge in [0.25, 0.3) is 0 Å². The maximum atomic E-state index is 12.2. The van der Waals surface area contributed by atoms with Crippen LogP contribution in [0.2, 0.25) is 0 Å². The van der Waals surface area contributed by atoms with Gasteiger partial charge < -0.3 is 4.74 Å². The Bertz CT molecular complexity index is 476. The molecule has 1 aliphatic heterocycles. The van der Waals surface area contributed by atoms with Crippen LogP contribution < -0.4 is 0 Å². The Morgan fingerprint density at radius 3 is 2.72 bits per heavy atom. The Hall–Kier alpha value is -1.38. The van der Waals surface area contributed by atoms with Crippen LogP contribution in [0.1, 0.15) is 32.6 Å². The number of hydrogen-bond acceptors (Lipinski definition) is 3. The fourth-order valence-electron chi connectivity index (χ4n) is 3.88. The van der Waals surface area contributed by atoms with Gasteiger partial charge in [-0.25, -0.2) is 4.79 Å². The van der Waals surface area contributed by atoms with E-state index in [-0.39, 0.29) is 29.3 Å². The Morgan fingerprint density at radius 1 is 1.28 bits per heavy atom. The second-order valence-corrected chi connectivity index (χ2v) is 6.07. The smallest absolute Gasteiger partial charge is 0.334 e. The maximum absolute atomic E-state index is 12.2. The van der Waals surface area contributed by atoms with Crippen molar-refractivity contribution < 1.29 is 14.3 Å². The van der Waals surface area contributed by atoms with Crippen LogP contribution in [0.5, 0.6) is 0 Å². The van der Waals surface area contributed by atoms with Crippen molar-refractivity contribution >= 4 is 11.8 Å². The summed E-state index contributed by atoms with van der Waals surface area (Å²) in [7, 11) is 0. The highest BCUT2D eigenvalue weighted by Gasteiger charge is 2.55. The molecule has 1 saturated heterocycles. The third kappa shape index (κ3) is 1.36. The van der Waals surface area contributed by atoms with Gasteiger partial charge in [0.1, 0.15) is 11.9 Å². The van der Waals surface area contributed by atoms with Crippen molar-refractivity contribution in [3.05, 3.63) is 24.3 Å². The predicted molar refractivity (Wildman–Crippen MR) is 66.7 cm³/mol. The average molecular weight is 246 g/mol. The first-order valence-corrected chi connectivity index (χ1v) is 6.54. The van der Waals surface area contributed by atoms with Crippen molar-refractivity contribution in [3.63, 3.8) is 0 Å². The number of carbonyl (C=O) groups excluding carboxylic acids is 2. The molecule has 0 unspecified atom stereocenters. The van der Waals surface area contributed by atoms with Crippen LogP contribution in [-0.4, -0.2) is 17.9 Å². The highest BCUT2D eigenvalue weighted by atomic mass is 16.6. The summed E-state index contributed by atoms with van der Waals surface area (Å²) in [5.74, 6) is 0.279. The molecule has 0 aromatic heterocycles. The first kappa shape index (κ1) is 11.7. The lowest BCUT2D eigenvalue weighted by atomic mass is 9.55. The van der Waals surface area contributed by atoms with E-state index in [1.54, 1.807) is 0 Å². The third-order valence-electron chi connectivity index (χ3n) is 5.10. The van der Waals surface area contributed by atoms with Crippen molar-refractivity contribution in [2.75, 3.05) is 0 Å². The quantitative estimate of drug-likeness (QED) is 0.374. The Labute approximate surface area is 107 Å². The summed E-state index contributed by atoms with van der Waals surface area (Å²) in [6.07, 6.45) is 2.64. The standard InChI is InChI=1S/C15H18O3/c1-8-4-5-13(16)15(3)7-12-10(6-11(8)15)9(2)14(17)18-12/h10-12H,1-2,4-7H2,3H3/t10-,11+,12-,15-/m1/s1. The number of allylic oxidation sites excluding steroid dienone is 1. The molecule has 0 aromatic carbocycles. The summed E-state index contributed by atoms with van der Waals surface area (Å²) < 4.78 is 5.35. The Morgan fingerprint density at radius 2 is 2.00 bits per heavy atom.